The van der Waals surface area contributed by atoms with E-state index in [2.05, 4.69) is 16.4 Å². The van der Waals surface area contributed by atoms with Crippen molar-refractivity contribution < 1.29 is 14.0 Å². The first kappa shape index (κ1) is 21.1. The van der Waals surface area contributed by atoms with Gasteiger partial charge < -0.3 is 15.2 Å². The van der Waals surface area contributed by atoms with Crippen LogP contribution >= 0.6 is 0 Å². The van der Waals surface area contributed by atoms with Crippen LogP contribution in [0.1, 0.15) is 30.4 Å². The van der Waals surface area contributed by atoms with Crippen molar-refractivity contribution in [1.82, 2.24) is 15.2 Å². The van der Waals surface area contributed by atoms with Gasteiger partial charge in [0.15, 0.2) is 0 Å². The Bertz CT molecular complexity index is 1040. The van der Waals surface area contributed by atoms with Crippen LogP contribution in [-0.2, 0) is 22.4 Å². The molecule has 1 aliphatic heterocycles. The van der Waals surface area contributed by atoms with E-state index in [9.17, 15) is 14.0 Å². The smallest absolute Gasteiger partial charge is 0.224 e. The fourth-order valence-electron chi connectivity index (χ4n) is 4.28. The van der Waals surface area contributed by atoms with Crippen molar-refractivity contribution in [2.45, 2.75) is 32.1 Å². The van der Waals surface area contributed by atoms with Crippen LogP contribution < -0.4 is 5.32 Å². The maximum atomic E-state index is 13.0. The third-order valence-electron chi connectivity index (χ3n) is 6.05. The Morgan fingerprint density at radius 2 is 1.90 bits per heavy atom. The van der Waals surface area contributed by atoms with Crippen LogP contribution in [0, 0.1) is 11.7 Å². The molecule has 0 saturated carbocycles. The lowest BCUT2D eigenvalue weighted by Gasteiger charge is -2.32. The zero-order valence-electron chi connectivity index (χ0n) is 17.6. The van der Waals surface area contributed by atoms with Crippen molar-refractivity contribution in [2.75, 3.05) is 19.6 Å². The first-order chi connectivity index (χ1) is 15.1. The highest BCUT2D eigenvalue weighted by Crippen LogP contribution is 2.21. The van der Waals surface area contributed by atoms with Gasteiger partial charge in [-0.25, -0.2) is 4.39 Å². The number of H-pyrrole nitrogens is 1. The van der Waals surface area contributed by atoms with Gasteiger partial charge in [-0.3, -0.25) is 9.59 Å². The van der Waals surface area contributed by atoms with Crippen LogP contribution in [-0.4, -0.2) is 41.3 Å². The molecule has 0 spiro atoms. The number of piperidine rings is 1. The van der Waals surface area contributed by atoms with E-state index in [4.69, 9.17) is 0 Å². The molecule has 1 fully saturated rings. The molecule has 2 N–H and O–H groups in total. The molecule has 2 aromatic carbocycles. The second-order valence-corrected chi connectivity index (χ2v) is 8.21. The summed E-state index contributed by atoms with van der Waals surface area (Å²) < 4.78 is 13.0. The average Bonchev–Trinajstić information content (AvgIpc) is 3.22. The van der Waals surface area contributed by atoms with Gasteiger partial charge in [-0.2, -0.15) is 0 Å². The summed E-state index contributed by atoms with van der Waals surface area (Å²) in [4.78, 5) is 30.5. The van der Waals surface area contributed by atoms with Crippen molar-refractivity contribution in [3.8, 4) is 0 Å². The number of carbonyl (C=O) groups excluding carboxylic acids is 2. The van der Waals surface area contributed by atoms with E-state index >= 15 is 0 Å². The Morgan fingerprint density at radius 3 is 2.74 bits per heavy atom. The highest BCUT2D eigenvalue weighted by Gasteiger charge is 2.28. The molecule has 0 bridgehead atoms. The molecular weight excluding hydrogens is 393 g/mol. The molecule has 1 saturated heterocycles. The summed E-state index contributed by atoms with van der Waals surface area (Å²) in [6.45, 7) is 1.71. The van der Waals surface area contributed by atoms with Gasteiger partial charge in [0, 0.05) is 43.2 Å². The molecule has 4 rings (SSSR count). The normalized spacial score (nSPS) is 16.4. The maximum absolute atomic E-state index is 13.0. The number of fused-ring (bicyclic) bond motifs is 1. The second kappa shape index (κ2) is 9.77. The van der Waals surface area contributed by atoms with Gasteiger partial charge >= 0.3 is 0 Å². The van der Waals surface area contributed by atoms with Crippen LogP contribution in [0.4, 0.5) is 4.39 Å². The molecule has 6 heteroatoms. The molecule has 0 radical (unpaired) electrons. The maximum Gasteiger partial charge on any atom is 0.224 e. The minimum absolute atomic E-state index is 0.00348. The van der Waals surface area contributed by atoms with E-state index in [1.54, 1.807) is 12.1 Å². The number of halogens is 1. The molecule has 1 atom stereocenters. The zero-order chi connectivity index (χ0) is 21.6. The van der Waals surface area contributed by atoms with Gasteiger partial charge in [-0.15, -0.1) is 0 Å². The summed E-state index contributed by atoms with van der Waals surface area (Å²) in [5, 5.41) is 4.13. The number of likely N-dealkylation sites (tertiary alicyclic amines) is 1. The molecule has 162 valence electrons. The van der Waals surface area contributed by atoms with Crippen molar-refractivity contribution in [3.63, 3.8) is 0 Å². The van der Waals surface area contributed by atoms with Crippen LogP contribution in [0.2, 0.25) is 0 Å². The lowest BCUT2D eigenvalue weighted by atomic mass is 9.96. The second-order valence-electron chi connectivity index (χ2n) is 8.21. The van der Waals surface area contributed by atoms with Gasteiger partial charge in [0.05, 0.1) is 5.92 Å². The van der Waals surface area contributed by atoms with Crippen LogP contribution in [0.15, 0.2) is 54.7 Å². The summed E-state index contributed by atoms with van der Waals surface area (Å²) in [7, 11) is 0. The van der Waals surface area contributed by atoms with Gasteiger partial charge in [-0.1, -0.05) is 30.3 Å². The lowest BCUT2D eigenvalue weighted by molar-refractivity contribution is -0.135. The standard InChI is InChI=1S/C25H28FN3O2/c26-21-10-7-18(8-11-21)13-14-27-25(31)20-4-3-15-29(17-20)24(30)12-9-19-16-28-23-6-2-1-5-22(19)23/h1-2,5-8,10-11,16,20,28H,3-4,9,12-15,17H2,(H,27,31)/t20-/m0/s1. The summed E-state index contributed by atoms with van der Waals surface area (Å²) in [6.07, 6.45) is 5.41. The highest BCUT2D eigenvalue weighted by molar-refractivity contribution is 5.84. The molecule has 0 aliphatic carbocycles. The molecule has 3 aromatic rings. The molecule has 5 nitrogen and oxygen atoms in total. The Hall–Kier alpha value is -3.15. The number of aryl methyl sites for hydroxylation is 1. The quantitative estimate of drug-likeness (QED) is 0.609. The van der Waals surface area contributed by atoms with E-state index in [-0.39, 0.29) is 23.5 Å². The predicted molar refractivity (Wildman–Crippen MR) is 119 cm³/mol. The third-order valence-corrected chi connectivity index (χ3v) is 6.05. The number of hydrogen-bond acceptors (Lipinski definition) is 2. The minimum Gasteiger partial charge on any atom is -0.361 e. The number of nitrogens with zero attached hydrogens (tertiary/aromatic N) is 1. The lowest BCUT2D eigenvalue weighted by Crippen LogP contribution is -2.45. The Balaban J connectivity index is 1.24. The Kier molecular flexibility index (Phi) is 6.65. The SMILES string of the molecule is O=C(NCCc1ccc(F)cc1)[C@H]1CCCN(C(=O)CCc2c[nH]c3ccccc23)C1. The van der Waals surface area contributed by atoms with Crippen molar-refractivity contribution in [1.29, 1.82) is 0 Å². The van der Waals surface area contributed by atoms with Crippen LogP contribution in [0.3, 0.4) is 0 Å². The van der Waals surface area contributed by atoms with Crippen molar-refractivity contribution in [3.05, 3.63) is 71.7 Å². The zero-order valence-corrected chi connectivity index (χ0v) is 17.6. The van der Waals surface area contributed by atoms with E-state index < -0.39 is 0 Å². The average molecular weight is 422 g/mol. The Labute approximate surface area is 181 Å². The first-order valence-corrected chi connectivity index (χ1v) is 10.9. The predicted octanol–water partition coefficient (Wildman–Crippen LogP) is 3.84. The van der Waals surface area contributed by atoms with E-state index in [1.165, 1.54) is 12.1 Å². The van der Waals surface area contributed by atoms with Gasteiger partial charge in [0.25, 0.3) is 0 Å². The van der Waals surface area contributed by atoms with E-state index in [0.29, 0.717) is 38.9 Å². The number of rotatable bonds is 7. The number of aromatic amines is 1. The van der Waals surface area contributed by atoms with E-state index in [1.807, 2.05) is 29.3 Å². The number of hydrogen-bond donors (Lipinski definition) is 2. The Morgan fingerprint density at radius 1 is 1.10 bits per heavy atom. The largest absolute Gasteiger partial charge is 0.361 e. The molecular formula is C25H28FN3O2. The number of nitrogens with one attached hydrogen (secondary N) is 2. The van der Waals surface area contributed by atoms with Crippen LogP contribution in [0.25, 0.3) is 10.9 Å². The third kappa shape index (κ3) is 5.32. The van der Waals surface area contributed by atoms with Crippen molar-refractivity contribution >= 4 is 22.7 Å². The van der Waals surface area contributed by atoms with E-state index in [0.717, 1.165) is 34.9 Å². The molecule has 1 aliphatic rings. The monoisotopic (exact) mass is 421 g/mol. The molecule has 2 amide bonds. The summed E-state index contributed by atoms with van der Waals surface area (Å²) >= 11 is 0. The van der Waals surface area contributed by atoms with Gasteiger partial charge in [-0.05, 0) is 55.0 Å². The van der Waals surface area contributed by atoms with Crippen LogP contribution in [0.5, 0.6) is 0 Å². The minimum atomic E-state index is -0.260. The molecule has 0 unspecified atom stereocenters. The number of carbonyl (C=O) groups is 2. The number of aromatic nitrogens is 1. The van der Waals surface area contributed by atoms with Gasteiger partial charge in [0.1, 0.15) is 5.82 Å². The number of benzene rings is 2. The summed E-state index contributed by atoms with van der Waals surface area (Å²) in [5.74, 6) is -0.325. The highest BCUT2D eigenvalue weighted by atomic mass is 19.1. The fraction of sp³-hybridized carbons (Fsp3) is 0.360. The topological polar surface area (TPSA) is 65.2 Å². The number of amides is 2. The first-order valence-electron chi connectivity index (χ1n) is 10.9. The molecule has 31 heavy (non-hydrogen) atoms. The van der Waals surface area contributed by atoms with Gasteiger partial charge in [0.2, 0.25) is 11.8 Å². The molecule has 1 aromatic heterocycles. The summed E-state index contributed by atoms with van der Waals surface area (Å²) in [6, 6.07) is 14.4. The molecule has 2 heterocycles. The fourth-order valence-corrected chi connectivity index (χ4v) is 4.28. The number of para-hydroxylation sites is 1. The van der Waals surface area contributed by atoms with Crippen molar-refractivity contribution in [2.24, 2.45) is 5.92 Å². The summed E-state index contributed by atoms with van der Waals surface area (Å²) in [5.41, 5.74) is 3.22.